The summed E-state index contributed by atoms with van der Waals surface area (Å²) in [4.78, 5) is 15.4. The molecule has 0 aliphatic rings. The summed E-state index contributed by atoms with van der Waals surface area (Å²) in [5.41, 5.74) is 1.52. The molecule has 4 nitrogen and oxygen atoms in total. The number of rotatable bonds is 3. The fraction of sp³-hybridized carbons (Fsp3) is 0.231. The van der Waals surface area contributed by atoms with Gasteiger partial charge in [0.1, 0.15) is 0 Å². The molecule has 1 unspecified atom stereocenters. The number of hydrogen-bond donors (Lipinski definition) is 1. The minimum absolute atomic E-state index is 0.164. The molecule has 0 amide bonds. The quantitative estimate of drug-likeness (QED) is 0.809. The predicted octanol–water partition coefficient (Wildman–Crippen LogP) is 1.31. The van der Waals surface area contributed by atoms with Gasteiger partial charge in [0.15, 0.2) is 6.10 Å². The van der Waals surface area contributed by atoms with Gasteiger partial charge in [-0.1, -0.05) is 24.3 Å². The van der Waals surface area contributed by atoms with Gasteiger partial charge in [0.05, 0.1) is 12.6 Å². The molecule has 0 saturated carbocycles. The smallest absolute Gasteiger partial charge is 0.335 e. The van der Waals surface area contributed by atoms with E-state index < -0.39 is 12.1 Å². The minimum Gasteiger partial charge on any atom is -0.467 e. The van der Waals surface area contributed by atoms with Gasteiger partial charge in [-0.2, -0.15) is 0 Å². The third-order valence-electron chi connectivity index (χ3n) is 2.53. The van der Waals surface area contributed by atoms with Crippen LogP contribution in [0.4, 0.5) is 0 Å². The zero-order valence-electron chi connectivity index (χ0n) is 9.46. The van der Waals surface area contributed by atoms with Gasteiger partial charge in [-0.3, -0.25) is 4.98 Å². The maximum atomic E-state index is 11.1. The van der Waals surface area contributed by atoms with E-state index in [2.05, 4.69) is 9.72 Å². The number of para-hydroxylation sites is 1. The topological polar surface area (TPSA) is 59.4 Å². The fourth-order valence-corrected chi connectivity index (χ4v) is 1.64. The molecule has 1 aromatic heterocycles. The molecular formula is C13H13NO3. The van der Waals surface area contributed by atoms with Gasteiger partial charge >= 0.3 is 5.97 Å². The summed E-state index contributed by atoms with van der Waals surface area (Å²) in [5.74, 6) is -0.639. The highest BCUT2D eigenvalue weighted by molar-refractivity contribution is 5.78. The molecule has 1 N–H and O–H groups in total. The maximum Gasteiger partial charge on any atom is 0.335 e. The molecule has 1 heterocycles. The van der Waals surface area contributed by atoms with Gasteiger partial charge in [0.25, 0.3) is 0 Å². The fourth-order valence-electron chi connectivity index (χ4n) is 1.64. The molecule has 0 spiro atoms. The highest BCUT2D eigenvalue weighted by Crippen LogP contribution is 2.12. The Kier molecular flexibility index (Phi) is 3.35. The molecule has 0 radical (unpaired) electrons. The Labute approximate surface area is 98.9 Å². The van der Waals surface area contributed by atoms with Crippen LogP contribution < -0.4 is 0 Å². The van der Waals surface area contributed by atoms with Crippen molar-refractivity contribution in [3.8, 4) is 0 Å². The predicted molar refractivity (Wildman–Crippen MR) is 63.5 cm³/mol. The van der Waals surface area contributed by atoms with Gasteiger partial charge < -0.3 is 9.84 Å². The van der Waals surface area contributed by atoms with Gasteiger partial charge in [0.2, 0.25) is 0 Å². The summed E-state index contributed by atoms with van der Waals surface area (Å²) in [6, 6.07) is 11.4. The van der Waals surface area contributed by atoms with E-state index in [-0.39, 0.29) is 6.42 Å². The molecule has 0 saturated heterocycles. The van der Waals surface area contributed by atoms with E-state index in [9.17, 15) is 9.90 Å². The second-order valence-corrected chi connectivity index (χ2v) is 3.74. The average molecular weight is 231 g/mol. The standard InChI is InChI=1S/C13H13NO3/c1-17-13(16)12(15)8-10-7-6-9-4-2-3-5-11(9)14-10/h2-7,12,15H,8H2,1H3. The van der Waals surface area contributed by atoms with Crippen molar-refractivity contribution in [3.63, 3.8) is 0 Å². The van der Waals surface area contributed by atoms with E-state index in [1.54, 1.807) is 6.07 Å². The van der Waals surface area contributed by atoms with Gasteiger partial charge in [-0.25, -0.2) is 4.79 Å². The van der Waals surface area contributed by atoms with Crippen LogP contribution in [0.2, 0.25) is 0 Å². The minimum atomic E-state index is -1.16. The molecular weight excluding hydrogens is 218 g/mol. The SMILES string of the molecule is COC(=O)C(O)Cc1ccc2ccccc2n1. The molecule has 88 valence electrons. The van der Waals surface area contributed by atoms with E-state index in [4.69, 9.17) is 0 Å². The third-order valence-corrected chi connectivity index (χ3v) is 2.53. The van der Waals surface area contributed by atoms with Crippen LogP contribution in [0, 0.1) is 0 Å². The van der Waals surface area contributed by atoms with Crippen molar-refractivity contribution in [1.29, 1.82) is 0 Å². The summed E-state index contributed by atoms with van der Waals surface area (Å²) >= 11 is 0. The van der Waals surface area contributed by atoms with Gasteiger partial charge in [0, 0.05) is 17.5 Å². The summed E-state index contributed by atoms with van der Waals surface area (Å²) < 4.78 is 4.45. The Balaban J connectivity index is 2.22. The van der Waals surface area contributed by atoms with Crippen LogP contribution in [0.1, 0.15) is 5.69 Å². The number of carbonyl (C=O) groups excluding carboxylic acids is 1. The first-order valence-corrected chi connectivity index (χ1v) is 5.31. The summed E-state index contributed by atoms with van der Waals surface area (Å²) in [6.07, 6.45) is -0.994. The number of pyridine rings is 1. The van der Waals surface area contributed by atoms with E-state index in [0.29, 0.717) is 5.69 Å². The third kappa shape index (κ3) is 2.60. The van der Waals surface area contributed by atoms with Crippen LogP contribution in [0.25, 0.3) is 10.9 Å². The van der Waals surface area contributed by atoms with Crippen molar-refractivity contribution in [3.05, 3.63) is 42.1 Å². The second-order valence-electron chi connectivity index (χ2n) is 3.74. The number of hydrogen-bond acceptors (Lipinski definition) is 4. The largest absolute Gasteiger partial charge is 0.467 e. The molecule has 1 atom stereocenters. The molecule has 17 heavy (non-hydrogen) atoms. The number of carbonyl (C=O) groups is 1. The lowest BCUT2D eigenvalue weighted by molar-refractivity contribution is -0.150. The summed E-state index contributed by atoms with van der Waals surface area (Å²) in [6.45, 7) is 0. The van der Waals surface area contributed by atoms with Crippen molar-refractivity contribution in [2.24, 2.45) is 0 Å². The number of fused-ring (bicyclic) bond motifs is 1. The van der Waals surface area contributed by atoms with Crippen LogP contribution in [0.15, 0.2) is 36.4 Å². The number of methoxy groups -OCH3 is 1. The van der Waals surface area contributed by atoms with E-state index in [0.717, 1.165) is 10.9 Å². The van der Waals surface area contributed by atoms with Crippen LogP contribution in [-0.2, 0) is 16.0 Å². The monoisotopic (exact) mass is 231 g/mol. The number of ether oxygens (including phenoxy) is 1. The number of nitrogens with zero attached hydrogens (tertiary/aromatic N) is 1. The molecule has 0 bridgehead atoms. The molecule has 0 aliphatic heterocycles. The average Bonchev–Trinajstić information content (AvgIpc) is 2.37. The van der Waals surface area contributed by atoms with Crippen molar-refractivity contribution in [2.75, 3.05) is 7.11 Å². The lowest BCUT2D eigenvalue weighted by Crippen LogP contribution is -2.24. The zero-order chi connectivity index (χ0) is 12.3. The Morgan fingerprint density at radius 2 is 2.12 bits per heavy atom. The molecule has 0 fully saturated rings. The number of benzene rings is 1. The van der Waals surface area contributed by atoms with Crippen molar-refractivity contribution in [2.45, 2.75) is 12.5 Å². The van der Waals surface area contributed by atoms with Crippen LogP contribution >= 0.6 is 0 Å². The lowest BCUT2D eigenvalue weighted by Gasteiger charge is -2.08. The Morgan fingerprint density at radius 1 is 1.35 bits per heavy atom. The van der Waals surface area contributed by atoms with E-state index in [1.807, 2.05) is 30.3 Å². The highest BCUT2D eigenvalue weighted by atomic mass is 16.5. The van der Waals surface area contributed by atoms with Crippen LogP contribution in [-0.4, -0.2) is 29.3 Å². The first kappa shape index (κ1) is 11.5. The van der Waals surface area contributed by atoms with Crippen LogP contribution in [0.3, 0.4) is 0 Å². The van der Waals surface area contributed by atoms with Crippen molar-refractivity contribution in [1.82, 2.24) is 4.98 Å². The van der Waals surface area contributed by atoms with E-state index >= 15 is 0 Å². The van der Waals surface area contributed by atoms with Crippen molar-refractivity contribution < 1.29 is 14.6 Å². The van der Waals surface area contributed by atoms with E-state index in [1.165, 1.54) is 7.11 Å². The molecule has 2 rings (SSSR count). The lowest BCUT2D eigenvalue weighted by atomic mass is 10.1. The number of aliphatic hydroxyl groups is 1. The number of aliphatic hydroxyl groups excluding tert-OH is 1. The highest BCUT2D eigenvalue weighted by Gasteiger charge is 2.16. The zero-order valence-corrected chi connectivity index (χ0v) is 9.46. The number of esters is 1. The van der Waals surface area contributed by atoms with Crippen LogP contribution in [0.5, 0.6) is 0 Å². The normalized spacial score (nSPS) is 12.4. The van der Waals surface area contributed by atoms with Gasteiger partial charge in [-0.15, -0.1) is 0 Å². The molecule has 4 heteroatoms. The maximum absolute atomic E-state index is 11.1. The first-order chi connectivity index (χ1) is 8.20. The second kappa shape index (κ2) is 4.93. The van der Waals surface area contributed by atoms with Gasteiger partial charge in [-0.05, 0) is 12.1 Å². The molecule has 0 aliphatic carbocycles. The summed E-state index contributed by atoms with van der Waals surface area (Å²) in [5, 5.41) is 10.6. The number of aromatic nitrogens is 1. The molecule has 2 aromatic rings. The molecule has 1 aromatic carbocycles. The first-order valence-electron chi connectivity index (χ1n) is 5.31. The Morgan fingerprint density at radius 3 is 2.88 bits per heavy atom. The summed E-state index contributed by atoms with van der Waals surface area (Å²) in [7, 11) is 1.25. The Bertz CT molecular complexity index is 539. The van der Waals surface area contributed by atoms with Crippen molar-refractivity contribution >= 4 is 16.9 Å². The Hall–Kier alpha value is -1.94.